The number of imidazole rings is 1. The molecule has 0 amide bonds. The number of rotatable bonds is 11. The van der Waals surface area contributed by atoms with E-state index >= 15 is 0 Å². The Morgan fingerprint density at radius 1 is 1.23 bits per heavy atom. The first-order valence-electron chi connectivity index (χ1n) is 12.1. The summed E-state index contributed by atoms with van der Waals surface area (Å²) < 4.78 is 65.5. The number of alkyl halides is 2. The highest BCUT2D eigenvalue weighted by Gasteiger charge is 2.61. The van der Waals surface area contributed by atoms with Crippen LogP contribution in [0.1, 0.15) is 27.0 Å². The summed E-state index contributed by atoms with van der Waals surface area (Å²) in [5, 5.41) is 23.9. The number of fused-ring (bicyclic) bond motifs is 1. The van der Waals surface area contributed by atoms with Gasteiger partial charge in [0.2, 0.25) is 0 Å². The predicted molar refractivity (Wildman–Crippen MR) is 135 cm³/mol. The molecule has 1 aliphatic heterocycles. The van der Waals surface area contributed by atoms with Gasteiger partial charge < -0.3 is 29.9 Å². The third-order valence-corrected chi connectivity index (χ3v) is 7.60. The summed E-state index contributed by atoms with van der Waals surface area (Å²) in [5.41, 5.74) is 3.15. The van der Waals surface area contributed by atoms with Crippen LogP contribution in [-0.2, 0) is 23.4 Å². The third kappa shape index (κ3) is 5.92. The number of hydrogen-bond acceptors (Lipinski definition) is 12. The van der Waals surface area contributed by atoms with Crippen LogP contribution < -0.4 is 15.3 Å². The minimum Gasteiger partial charge on any atom is -0.462 e. The normalized spacial score (nSPS) is 25.3. The van der Waals surface area contributed by atoms with E-state index in [4.69, 9.17) is 24.3 Å². The highest BCUT2D eigenvalue weighted by molar-refractivity contribution is 7.52. The molecular weight excluding hydrogens is 557 g/mol. The van der Waals surface area contributed by atoms with Crippen molar-refractivity contribution in [2.45, 2.75) is 63.4 Å². The number of anilines is 1. The second-order valence-electron chi connectivity index (χ2n) is 9.29. The Morgan fingerprint density at radius 3 is 2.58 bits per heavy atom. The van der Waals surface area contributed by atoms with Gasteiger partial charge in [-0.15, -0.1) is 0 Å². The molecule has 3 aromatic rings. The van der Waals surface area contributed by atoms with Gasteiger partial charge in [0, 0.05) is 0 Å². The lowest BCUT2D eigenvalue weighted by atomic mass is 9.96. The number of aliphatic hydroxyl groups is 2. The zero-order valence-electron chi connectivity index (χ0n) is 21.6. The van der Waals surface area contributed by atoms with E-state index in [1.807, 2.05) is 0 Å². The van der Waals surface area contributed by atoms with Crippen LogP contribution >= 0.6 is 7.75 Å². The summed E-state index contributed by atoms with van der Waals surface area (Å²) in [7, 11) is -4.62. The van der Waals surface area contributed by atoms with E-state index in [1.165, 1.54) is 19.1 Å². The van der Waals surface area contributed by atoms with E-state index in [-0.39, 0.29) is 22.7 Å². The van der Waals surface area contributed by atoms with E-state index in [2.05, 4.69) is 20.0 Å². The molecule has 5 N–H and O–H groups in total. The zero-order valence-corrected chi connectivity index (χ0v) is 22.5. The second-order valence-corrected chi connectivity index (χ2v) is 11.0. The van der Waals surface area contributed by atoms with Gasteiger partial charge in [0.15, 0.2) is 23.3 Å². The second kappa shape index (κ2) is 11.7. The lowest BCUT2D eigenvalue weighted by Gasteiger charge is -2.32. The Morgan fingerprint density at radius 2 is 1.93 bits per heavy atom. The van der Waals surface area contributed by atoms with Crippen LogP contribution in [-0.4, -0.2) is 78.7 Å². The van der Waals surface area contributed by atoms with Gasteiger partial charge in [0.05, 0.1) is 12.7 Å². The molecule has 40 heavy (non-hydrogen) atoms. The van der Waals surface area contributed by atoms with E-state index in [0.717, 1.165) is 17.2 Å². The molecule has 1 aliphatic rings. The summed E-state index contributed by atoms with van der Waals surface area (Å²) in [4.78, 5) is 24.1. The van der Waals surface area contributed by atoms with Crippen molar-refractivity contribution in [2.75, 3.05) is 12.3 Å². The van der Waals surface area contributed by atoms with Crippen LogP contribution in [0.5, 0.6) is 5.75 Å². The van der Waals surface area contributed by atoms with Gasteiger partial charge in [-0.3, -0.25) is 13.9 Å². The minimum absolute atomic E-state index is 0.0278. The first kappa shape index (κ1) is 29.7. The lowest BCUT2D eigenvalue weighted by molar-refractivity contribution is -0.191. The maximum absolute atomic E-state index is 14.6. The molecule has 0 aliphatic carbocycles. The van der Waals surface area contributed by atoms with Crippen LogP contribution in [0.4, 0.5) is 14.6 Å². The predicted octanol–water partition coefficient (Wildman–Crippen LogP) is 1.80. The standard InChI is InChI=1S/C23H29F2N6O8P/c1-12(2)37-21(34)13(3)30-40(35,39-14-7-5-4-6-8-14)36-9-23(22(24)25)17(33)16(32)20(38-23)31-11-29-19-15(31)18(26)27-10-28-19/h4-8,10-13,16-17,20,22,32-33H,9H2,1-3H3,(H,30,35)(H2,26,27,28)/t13-,16+,17-,20+,23+,40?/m0/s1. The number of hydrogen-bond donors (Lipinski definition) is 4. The quantitative estimate of drug-likeness (QED) is 0.188. The van der Waals surface area contributed by atoms with E-state index in [9.17, 15) is 28.4 Å². The van der Waals surface area contributed by atoms with Gasteiger partial charge in [-0.25, -0.2) is 28.3 Å². The van der Waals surface area contributed by atoms with Gasteiger partial charge >= 0.3 is 13.7 Å². The largest absolute Gasteiger partial charge is 0.462 e. The number of benzene rings is 1. The molecule has 1 aromatic carbocycles. The smallest absolute Gasteiger partial charge is 0.459 e. The first-order valence-corrected chi connectivity index (χ1v) is 13.6. The summed E-state index contributed by atoms with van der Waals surface area (Å²) in [5.74, 6) is -0.857. The topological polar surface area (TPSA) is 193 Å². The van der Waals surface area contributed by atoms with Crippen molar-refractivity contribution in [2.24, 2.45) is 0 Å². The van der Waals surface area contributed by atoms with Gasteiger partial charge in [-0.2, -0.15) is 5.09 Å². The SMILES string of the molecule is CC(C)OC(=O)[C@H](C)NP(=O)(OC[C@@]1(C(F)F)O[C@@H](n2cnc3ncnc(N)c32)[C@H](O)[C@@H]1O)Oc1ccccc1. The molecule has 218 valence electrons. The average molecular weight is 586 g/mol. The van der Waals surface area contributed by atoms with Crippen LogP contribution in [0.3, 0.4) is 0 Å². The molecule has 6 atom stereocenters. The van der Waals surface area contributed by atoms with Crippen molar-refractivity contribution in [3.8, 4) is 5.75 Å². The first-order chi connectivity index (χ1) is 18.9. The molecule has 0 bridgehead atoms. The highest BCUT2D eigenvalue weighted by Crippen LogP contribution is 2.49. The highest BCUT2D eigenvalue weighted by atomic mass is 31.2. The molecule has 0 saturated carbocycles. The van der Waals surface area contributed by atoms with E-state index in [0.29, 0.717) is 0 Å². The number of para-hydroxylation sites is 1. The maximum Gasteiger partial charge on any atom is 0.459 e. The molecule has 0 spiro atoms. The fourth-order valence-corrected chi connectivity index (χ4v) is 5.54. The molecule has 0 radical (unpaired) electrons. The molecule has 1 saturated heterocycles. The number of carbonyl (C=O) groups is 1. The molecule has 4 rings (SSSR count). The van der Waals surface area contributed by atoms with E-state index < -0.39 is 62.9 Å². The molecule has 1 fully saturated rings. The van der Waals surface area contributed by atoms with Crippen LogP contribution in [0.2, 0.25) is 0 Å². The number of nitrogens with one attached hydrogen (secondary N) is 1. The number of nitrogens with two attached hydrogens (primary N) is 1. The number of ether oxygens (including phenoxy) is 2. The number of esters is 1. The number of nitrogen functional groups attached to an aromatic ring is 1. The Bertz CT molecular complexity index is 1380. The number of carbonyl (C=O) groups excluding carboxylic acids is 1. The molecule has 1 unspecified atom stereocenters. The van der Waals surface area contributed by atoms with Crippen molar-refractivity contribution in [3.63, 3.8) is 0 Å². The van der Waals surface area contributed by atoms with Gasteiger partial charge in [-0.1, -0.05) is 18.2 Å². The number of halogens is 2. The van der Waals surface area contributed by atoms with Crippen molar-refractivity contribution in [3.05, 3.63) is 43.0 Å². The summed E-state index contributed by atoms with van der Waals surface area (Å²) in [6, 6.07) is 6.37. The third-order valence-electron chi connectivity index (χ3n) is 5.98. The lowest BCUT2D eigenvalue weighted by Crippen LogP contribution is -2.53. The maximum atomic E-state index is 14.6. The van der Waals surface area contributed by atoms with Crippen molar-refractivity contribution in [1.82, 2.24) is 24.6 Å². The van der Waals surface area contributed by atoms with Crippen molar-refractivity contribution < 1.29 is 46.9 Å². The minimum atomic E-state index is -4.62. The Balaban J connectivity index is 1.63. The summed E-state index contributed by atoms with van der Waals surface area (Å²) in [6.07, 6.45) is -7.49. The van der Waals surface area contributed by atoms with E-state index in [1.54, 1.807) is 32.0 Å². The van der Waals surface area contributed by atoms with Crippen LogP contribution in [0, 0.1) is 0 Å². The Hall–Kier alpha value is -3.27. The van der Waals surface area contributed by atoms with Crippen LogP contribution in [0.15, 0.2) is 43.0 Å². The molecule has 2 aromatic heterocycles. The Labute approximate surface area is 227 Å². The monoisotopic (exact) mass is 586 g/mol. The zero-order chi connectivity index (χ0) is 29.2. The molecule has 17 heteroatoms. The molecular formula is C23H29F2N6O8P. The fourth-order valence-electron chi connectivity index (χ4n) is 4.01. The van der Waals surface area contributed by atoms with Gasteiger partial charge in [0.1, 0.15) is 42.2 Å². The van der Waals surface area contributed by atoms with Crippen molar-refractivity contribution in [1.29, 1.82) is 0 Å². The summed E-state index contributed by atoms with van der Waals surface area (Å²) >= 11 is 0. The number of aliphatic hydroxyl groups excluding tert-OH is 2. The molecule has 3 heterocycles. The van der Waals surface area contributed by atoms with Crippen molar-refractivity contribution >= 4 is 30.7 Å². The average Bonchev–Trinajstić information content (AvgIpc) is 3.43. The molecule has 14 nitrogen and oxygen atoms in total. The fraction of sp³-hybridized carbons (Fsp3) is 0.478. The summed E-state index contributed by atoms with van der Waals surface area (Å²) in [6.45, 7) is 3.30. The van der Waals surface area contributed by atoms with Gasteiger partial charge in [-0.05, 0) is 32.9 Å². The van der Waals surface area contributed by atoms with Crippen LogP contribution in [0.25, 0.3) is 11.2 Å². The Kier molecular flexibility index (Phi) is 8.68. The number of nitrogens with zero attached hydrogens (tertiary/aromatic N) is 4. The van der Waals surface area contributed by atoms with Gasteiger partial charge in [0.25, 0.3) is 6.43 Å². The number of aromatic nitrogens is 4.